The molecule has 1 saturated carbocycles. The van der Waals surface area contributed by atoms with Gasteiger partial charge in [0, 0.05) is 25.6 Å². The zero-order valence-electron chi connectivity index (χ0n) is 19.5. The molecule has 8 nitrogen and oxygen atoms in total. The van der Waals surface area contributed by atoms with Crippen LogP contribution in [-0.4, -0.2) is 54.0 Å². The molecule has 2 fully saturated rings. The molecule has 5 rings (SSSR count). The molecule has 184 valence electrons. The zero-order chi connectivity index (χ0) is 24.5. The highest BCUT2D eigenvalue weighted by molar-refractivity contribution is 5.82. The minimum absolute atomic E-state index is 0.0315. The Bertz CT molecular complexity index is 1090. The molecule has 2 amide bonds. The van der Waals surface area contributed by atoms with Crippen molar-refractivity contribution in [1.82, 2.24) is 10.6 Å². The Hall–Kier alpha value is -3.39. The Morgan fingerprint density at radius 3 is 2.00 bits per heavy atom. The van der Waals surface area contributed by atoms with E-state index in [4.69, 9.17) is 9.47 Å². The van der Waals surface area contributed by atoms with E-state index in [1.807, 2.05) is 24.3 Å². The van der Waals surface area contributed by atoms with Crippen molar-refractivity contribution in [2.75, 3.05) is 19.8 Å². The number of carboxylic acid groups (broad SMARTS) is 1. The van der Waals surface area contributed by atoms with E-state index < -0.39 is 23.1 Å². The number of aliphatic carboxylic acids is 1. The van der Waals surface area contributed by atoms with E-state index in [9.17, 15) is 19.5 Å². The molecule has 0 radical (unpaired) electrons. The topological polar surface area (TPSA) is 114 Å². The van der Waals surface area contributed by atoms with Crippen molar-refractivity contribution < 1.29 is 29.0 Å². The van der Waals surface area contributed by atoms with Gasteiger partial charge in [-0.05, 0) is 47.9 Å². The van der Waals surface area contributed by atoms with Gasteiger partial charge in [0.2, 0.25) is 5.91 Å². The first-order chi connectivity index (χ1) is 16.9. The second-order valence-corrected chi connectivity index (χ2v) is 9.92. The molecule has 0 spiro atoms. The van der Waals surface area contributed by atoms with Crippen molar-refractivity contribution in [3.05, 3.63) is 59.7 Å². The third-order valence-corrected chi connectivity index (χ3v) is 7.41. The molecule has 1 heterocycles. The Morgan fingerprint density at radius 2 is 1.43 bits per heavy atom. The van der Waals surface area contributed by atoms with Crippen molar-refractivity contribution in [3.63, 3.8) is 0 Å². The molecule has 2 aliphatic carbocycles. The molecule has 0 atom stereocenters. The van der Waals surface area contributed by atoms with Crippen molar-refractivity contribution in [1.29, 1.82) is 0 Å². The fourth-order valence-electron chi connectivity index (χ4n) is 5.39. The van der Waals surface area contributed by atoms with Crippen LogP contribution in [0, 0.1) is 0 Å². The number of alkyl carbamates (subject to hydrolysis) is 1. The predicted octanol–water partition coefficient (Wildman–Crippen LogP) is 3.59. The quantitative estimate of drug-likeness (QED) is 0.534. The summed E-state index contributed by atoms with van der Waals surface area (Å²) in [5, 5.41) is 15.2. The molecule has 2 aromatic carbocycles. The van der Waals surface area contributed by atoms with E-state index in [0.29, 0.717) is 38.9 Å². The van der Waals surface area contributed by atoms with Crippen molar-refractivity contribution >= 4 is 18.0 Å². The van der Waals surface area contributed by atoms with Crippen LogP contribution in [0.2, 0.25) is 0 Å². The number of carboxylic acids is 1. The summed E-state index contributed by atoms with van der Waals surface area (Å²) in [6.07, 6.45) is 1.69. The summed E-state index contributed by atoms with van der Waals surface area (Å²) >= 11 is 0. The lowest BCUT2D eigenvalue weighted by Crippen LogP contribution is -2.54. The van der Waals surface area contributed by atoms with Gasteiger partial charge in [-0.2, -0.15) is 0 Å². The summed E-state index contributed by atoms with van der Waals surface area (Å²) in [5.41, 5.74) is 3.17. The highest BCUT2D eigenvalue weighted by Crippen LogP contribution is 2.45. The van der Waals surface area contributed by atoms with Crippen LogP contribution in [0.15, 0.2) is 48.5 Å². The van der Waals surface area contributed by atoms with Gasteiger partial charge in [0.15, 0.2) is 0 Å². The van der Waals surface area contributed by atoms with Gasteiger partial charge in [0.25, 0.3) is 0 Å². The van der Waals surface area contributed by atoms with Gasteiger partial charge in [-0.15, -0.1) is 0 Å². The molecule has 35 heavy (non-hydrogen) atoms. The Kier molecular flexibility index (Phi) is 6.23. The summed E-state index contributed by atoms with van der Waals surface area (Å²) in [7, 11) is 0. The summed E-state index contributed by atoms with van der Waals surface area (Å²) in [4.78, 5) is 36.9. The zero-order valence-corrected chi connectivity index (χ0v) is 19.5. The van der Waals surface area contributed by atoms with E-state index >= 15 is 0 Å². The van der Waals surface area contributed by atoms with E-state index in [-0.39, 0.29) is 31.3 Å². The molecule has 1 aliphatic heterocycles. The van der Waals surface area contributed by atoms with Crippen LogP contribution in [-0.2, 0) is 19.1 Å². The molecule has 1 saturated heterocycles. The predicted molar refractivity (Wildman–Crippen MR) is 128 cm³/mol. The van der Waals surface area contributed by atoms with Gasteiger partial charge in [-0.1, -0.05) is 48.5 Å². The van der Waals surface area contributed by atoms with Crippen LogP contribution in [0.5, 0.6) is 0 Å². The lowest BCUT2D eigenvalue weighted by atomic mass is 9.86. The maximum Gasteiger partial charge on any atom is 0.407 e. The first-order valence-corrected chi connectivity index (χ1v) is 12.1. The van der Waals surface area contributed by atoms with Gasteiger partial charge >= 0.3 is 12.1 Å². The average Bonchev–Trinajstić information content (AvgIpc) is 3.49. The highest BCUT2D eigenvalue weighted by atomic mass is 16.5. The maximum atomic E-state index is 12.8. The van der Waals surface area contributed by atoms with Crippen molar-refractivity contribution in [3.8, 4) is 11.1 Å². The third-order valence-electron chi connectivity index (χ3n) is 7.41. The fourth-order valence-corrected chi connectivity index (χ4v) is 5.39. The Balaban J connectivity index is 1.18. The molecule has 0 bridgehead atoms. The van der Waals surface area contributed by atoms with Crippen LogP contribution in [0.25, 0.3) is 11.1 Å². The molecule has 0 aromatic heterocycles. The molecule has 3 N–H and O–H groups in total. The fraction of sp³-hybridized carbons (Fsp3) is 0.444. The minimum Gasteiger partial charge on any atom is -0.481 e. The number of hydrogen-bond donors (Lipinski definition) is 3. The molecular weight excluding hydrogens is 448 g/mol. The number of rotatable bonds is 8. The van der Waals surface area contributed by atoms with Gasteiger partial charge < -0.3 is 25.2 Å². The van der Waals surface area contributed by atoms with E-state index in [1.54, 1.807) is 0 Å². The monoisotopic (exact) mass is 478 g/mol. The van der Waals surface area contributed by atoms with Crippen LogP contribution >= 0.6 is 0 Å². The first kappa shape index (κ1) is 23.4. The average molecular weight is 479 g/mol. The van der Waals surface area contributed by atoms with E-state index in [1.165, 1.54) is 0 Å². The number of amides is 2. The maximum absolute atomic E-state index is 12.8. The SMILES string of the molecule is O=C(O)CC1(NC(=O)CC2(NC(=O)OCC3c4ccccc4-c4ccccc43)CC2)CCOCC1. The highest BCUT2D eigenvalue weighted by Gasteiger charge is 2.47. The third kappa shape index (κ3) is 5.03. The number of ether oxygens (including phenoxy) is 2. The second-order valence-electron chi connectivity index (χ2n) is 9.92. The van der Waals surface area contributed by atoms with Gasteiger partial charge in [-0.3, -0.25) is 9.59 Å². The molecule has 8 heteroatoms. The van der Waals surface area contributed by atoms with Crippen LogP contribution in [0.4, 0.5) is 4.79 Å². The van der Waals surface area contributed by atoms with Gasteiger partial charge in [0.05, 0.1) is 17.5 Å². The lowest BCUT2D eigenvalue weighted by molar-refractivity contribution is -0.140. The summed E-state index contributed by atoms with van der Waals surface area (Å²) in [5.74, 6) is -1.24. The number of hydrogen-bond acceptors (Lipinski definition) is 5. The van der Waals surface area contributed by atoms with Crippen LogP contribution in [0.1, 0.15) is 55.6 Å². The molecule has 0 unspecified atom stereocenters. The second kappa shape index (κ2) is 9.34. The van der Waals surface area contributed by atoms with Crippen molar-refractivity contribution in [2.24, 2.45) is 0 Å². The number of fused-ring (bicyclic) bond motifs is 3. The van der Waals surface area contributed by atoms with Gasteiger partial charge in [0.1, 0.15) is 6.61 Å². The number of carbonyl (C=O) groups is 3. The van der Waals surface area contributed by atoms with E-state index in [0.717, 1.165) is 22.3 Å². The molecular formula is C27H30N2O6. The Morgan fingerprint density at radius 1 is 0.857 bits per heavy atom. The lowest BCUT2D eigenvalue weighted by Gasteiger charge is -2.37. The number of nitrogens with one attached hydrogen (secondary N) is 2. The van der Waals surface area contributed by atoms with E-state index in [2.05, 4.69) is 34.9 Å². The van der Waals surface area contributed by atoms with Gasteiger partial charge in [-0.25, -0.2) is 4.79 Å². The molecule has 2 aromatic rings. The van der Waals surface area contributed by atoms with Crippen LogP contribution < -0.4 is 10.6 Å². The Labute approximate surface area is 204 Å². The standard InChI is InChI=1S/C27H30N2O6/c30-23(28-27(16-24(31)32)11-13-34-14-12-27)15-26(9-10-26)29-25(33)35-17-22-20-7-3-1-5-18(20)19-6-2-4-8-21(19)22/h1-8,22H,9-17H2,(H,28,30)(H,29,33)(H,31,32). The first-order valence-electron chi connectivity index (χ1n) is 12.1. The summed E-state index contributed by atoms with van der Waals surface area (Å²) in [6.45, 7) is 1.04. The van der Waals surface area contributed by atoms with Crippen LogP contribution in [0.3, 0.4) is 0 Å². The number of carbonyl (C=O) groups excluding carboxylic acids is 2. The molecule has 3 aliphatic rings. The minimum atomic E-state index is -0.954. The smallest absolute Gasteiger partial charge is 0.407 e. The van der Waals surface area contributed by atoms with Crippen molar-refractivity contribution in [2.45, 2.75) is 55.5 Å². The number of benzene rings is 2. The normalized spacial score (nSPS) is 19.2. The summed E-state index contributed by atoms with van der Waals surface area (Å²) < 4.78 is 11.0. The summed E-state index contributed by atoms with van der Waals surface area (Å²) in [6, 6.07) is 16.3. The largest absolute Gasteiger partial charge is 0.481 e.